The Balaban J connectivity index is 2.48. The van der Waals surface area contributed by atoms with Gasteiger partial charge in [0.05, 0.1) is 5.56 Å². The van der Waals surface area contributed by atoms with Crippen molar-refractivity contribution in [3.05, 3.63) is 36.1 Å². The van der Waals surface area contributed by atoms with Crippen molar-refractivity contribution in [1.29, 1.82) is 0 Å². The molecule has 1 aromatic carbocycles. The van der Waals surface area contributed by atoms with Crippen molar-refractivity contribution in [2.45, 2.75) is 6.92 Å². The van der Waals surface area contributed by atoms with Gasteiger partial charge in [0.15, 0.2) is 5.78 Å². The van der Waals surface area contributed by atoms with Gasteiger partial charge >= 0.3 is 0 Å². The summed E-state index contributed by atoms with van der Waals surface area (Å²) in [5, 5.41) is 0.864. The molecule has 2 rings (SSSR count). The average Bonchev–Trinajstić information content (AvgIpc) is 2.70. The van der Waals surface area contributed by atoms with E-state index in [2.05, 4.69) is 0 Å². The maximum absolute atomic E-state index is 11.9. The molecule has 3 nitrogen and oxygen atoms in total. The lowest BCUT2D eigenvalue weighted by atomic mass is 9.99. The van der Waals surface area contributed by atoms with Crippen LogP contribution < -0.4 is 5.73 Å². The molecule has 2 N–H and O–H groups in total. The van der Waals surface area contributed by atoms with E-state index < -0.39 is 0 Å². The minimum Gasteiger partial charge on any atom is -0.464 e. The number of hydrogen-bond donors (Lipinski definition) is 1. The number of benzene rings is 1. The Morgan fingerprint density at radius 2 is 2.20 bits per heavy atom. The topological polar surface area (TPSA) is 56.2 Å². The van der Waals surface area contributed by atoms with Crippen LogP contribution in [0.15, 0.2) is 34.9 Å². The van der Waals surface area contributed by atoms with Crippen LogP contribution in [0.3, 0.4) is 0 Å². The first-order valence-corrected chi connectivity index (χ1v) is 4.94. The second kappa shape index (κ2) is 3.87. The van der Waals surface area contributed by atoms with Crippen molar-refractivity contribution >= 4 is 16.8 Å². The zero-order valence-electron chi connectivity index (χ0n) is 8.57. The van der Waals surface area contributed by atoms with Gasteiger partial charge < -0.3 is 10.2 Å². The van der Waals surface area contributed by atoms with Gasteiger partial charge in [-0.3, -0.25) is 4.79 Å². The molecule has 0 aliphatic heterocycles. The lowest BCUT2D eigenvalue weighted by Gasteiger charge is -2.04. The number of carbonyl (C=O) groups excluding carboxylic acids is 1. The highest BCUT2D eigenvalue weighted by Gasteiger charge is 2.18. The fourth-order valence-corrected chi connectivity index (χ4v) is 1.54. The van der Waals surface area contributed by atoms with Crippen LogP contribution in [-0.2, 0) is 0 Å². The van der Waals surface area contributed by atoms with E-state index in [1.165, 1.54) is 6.26 Å². The number of rotatable bonds is 3. The van der Waals surface area contributed by atoms with Gasteiger partial charge in [0, 0.05) is 17.8 Å². The summed E-state index contributed by atoms with van der Waals surface area (Å²) in [4.78, 5) is 11.9. The molecule has 1 unspecified atom stereocenters. The molecule has 1 atom stereocenters. The first-order valence-electron chi connectivity index (χ1n) is 4.94. The van der Waals surface area contributed by atoms with Crippen molar-refractivity contribution in [3.63, 3.8) is 0 Å². The number of fused-ring (bicyclic) bond motifs is 1. The molecule has 1 heterocycles. The molecule has 78 valence electrons. The Bertz CT molecular complexity index is 487. The zero-order chi connectivity index (χ0) is 10.8. The fraction of sp³-hybridized carbons (Fsp3) is 0.250. The minimum atomic E-state index is -0.161. The normalized spacial score (nSPS) is 12.9. The lowest BCUT2D eigenvalue weighted by molar-refractivity contribution is 0.0935. The van der Waals surface area contributed by atoms with E-state index in [-0.39, 0.29) is 11.7 Å². The van der Waals surface area contributed by atoms with E-state index in [0.717, 1.165) is 11.0 Å². The van der Waals surface area contributed by atoms with Crippen molar-refractivity contribution in [2.75, 3.05) is 6.54 Å². The van der Waals surface area contributed by atoms with E-state index >= 15 is 0 Å². The summed E-state index contributed by atoms with van der Waals surface area (Å²) in [6.45, 7) is 2.18. The Hall–Kier alpha value is -1.61. The molecule has 0 aliphatic rings. The molecule has 0 amide bonds. The molecule has 3 heteroatoms. The van der Waals surface area contributed by atoms with E-state index in [9.17, 15) is 4.79 Å². The zero-order valence-corrected chi connectivity index (χ0v) is 8.57. The maximum Gasteiger partial charge on any atom is 0.170 e. The molecule has 1 aromatic heterocycles. The van der Waals surface area contributed by atoms with Gasteiger partial charge in [0.2, 0.25) is 0 Å². The molecule has 0 fully saturated rings. The van der Waals surface area contributed by atoms with Gasteiger partial charge in [-0.15, -0.1) is 0 Å². The quantitative estimate of drug-likeness (QED) is 0.778. The Kier molecular flexibility index (Phi) is 2.56. The van der Waals surface area contributed by atoms with Gasteiger partial charge in [-0.05, 0) is 6.07 Å². The molecule has 0 bridgehead atoms. The average molecular weight is 203 g/mol. The van der Waals surface area contributed by atoms with Gasteiger partial charge in [0.1, 0.15) is 11.8 Å². The highest BCUT2D eigenvalue weighted by molar-refractivity contribution is 6.08. The van der Waals surface area contributed by atoms with E-state index in [1.807, 2.05) is 31.2 Å². The second-order valence-electron chi connectivity index (χ2n) is 3.65. The summed E-state index contributed by atoms with van der Waals surface area (Å²) >= 11 is 0. The fourth-order valence-electron chi connectivity index (χ4n) is 1.54. The lowest BCUT2D eigenvalue weighted by Crippen LogP contribution is -2.20. The highest BCUT2D eigenvalue weighted by Crippen LogP contribution is 2.22. The van der Waals surface area contributed by atoms with Crippen molar-refractivity contribution in [2.24, 2.45) is 11.7 Å². The van der Waals surface area contributed by atoms with Crippen LogP contribution >= 0.6 is 0 Å². The number of para-hydroxylation sites is 1. The smallest absolute Gasteiger partial charge is 0.170 e. The third-order valence-corrected chi connectivity index (χ3v) is 2.55. The molecule has 0 aliphatic carbocycles. The van der Waals surface area contributed by atoms with E-state index in [0.29, 0.717) is 12.1 Å². The highest BCUT2D eigenvalue weighted by atomic mass is 16.3. The Labute approximate surface area is 87.9 Å². The second-order valence-corrected chi connectivity index (χ2v) is 3.65. The Morgan fingerprint density at radius 1 is 1.47 bits per heavy atom. The number of ketones is 1. The Morgan fingerprint density at radius 3 is 2.93 bits per heavy atom. The number of Topliss-reactive ketones (excluding diaryl/α,β-unsaturated/α-hetero) is 1. The van der Waals surface area contributed by atoms with E-state index in [1.54, 1.807) is 0 Å². The van der Waals surface area contributed by atoms with Gasteiger partial charge in [-0.2, -0.15) is 0 Å². The predicted octanol–water partition coefficient (Wildman–Crippen LogP) is 2.21. The third kappa shape index (κ3) is 1.66. The van der Waals surface area contributed by atoms with Crippen molar-refractivity contribution < 1.29 is 9.21 Å². The van der Waals surface area contributed by atoms with Crippen molar-refractivity contribution in [3.8, 4) is 0 Å². The van der Waals surface area contributed by atoms with Crippen LogP contribution in [0.5, 0.6) is 0 Å². The first-order chi connectivity index (χ1) is 7.24. The minimum absolute atomic E-state index is 0.0439. The summed E-state index contributed by atoms with van der Waals surface area (Å²) in [7, 11) is 0. The molecule has 0 saturated carbocycles. The van der Waals surface area contributed by atoms with Crippen LogP contribution in [0, 0.1) is 5.92 Å². The molecule has 15 heavy (non-hydrogen) atoms. The van der Waals surface area contributed by atoms with Gasteiger partial charge in [-0.1, -0.05) is 25.1 Å². The molecule has 0 radical (unpaired) electrons. The number of hydrogen-bond acceptors (Lipinski definition) is 3. The SMILES string of the molecule is CC(CN)C(=O)c1coc2ccccc12. The standard InChI is InChI=1S/C12H13NO2/c1-8(6-13)12(14)10-7-15-11-5-3-2-4-9(10)11/h2-5,7-8H,6,13H2,1H3. The molecular weight excluding hydrogens is 190 g/mol. The van der Waals surface area contributed by atoms with Gasteiger partial charge in [-0.25, -0.2) is 0 Å². The number of furan rings is 1. The third-order valence-electron chi connectivity index (χ3n) is 2.55. The predicted molar refractivity (Wildman–Crippen MR) is 58.8 cm³/mol. The first kappa shape index (κ1) is 9.93. The van der Waals surface area contributed by atoms with E-state index in [4.69, 9.17) is 10.2 Å². The number of carbonyl (C=O) groups is 1. The molecule has 0 spiro atoms. The molecule has 0 saturated heterocycles. The maximum atomic E-state index is 11.9. The van der Waals surface area contributed by atoms with Crippen molar-refractivity contribution in [1.82, 2.24) is 0 Å². The summed E-state index contributed by atoms with van der Waals surface area (Å²) in [5.74, 6) is -0.117. The number of nitrogens with two attached hydrogens (primary N) is 1. The molecular formula is C12H13NO2. The molecule has 2 aromatic rings. The van der Waals surface area contributed by atoms with Gasteiger partial charge in [0.25, 0.3) is 0 Å². The summed E-state index contributed by atoms with van der Waals surface area (Å²) in [6, 6.07) is 7.50. The van der Waals surface area contributed by atoms with Crippen LogP contribution in [0.1, 0.15) is 17.3 Å². The summed E-state index contributed by atoms with van der Waals surface area (Å²) in [6.07, 6.45) is 1.51. The van der Waals surface area contributed by atoms with Crippen LogP contribution in [0.2, 0.25) is 0 Å². The summed E-state index contributed by atoms with van der Waals surface area (Å²) < 4.78 is 5.30. The largest absolute Gasteiger partial charge is 0.464 e. The van der Waals surface area contributed by atoms with Crippen LogP contribution in [-0.4, -0.2) is 12.3 Å². The summed E-state index contributed by atoms with van der Waals surface area (Å²) in [5.41, 5.74) is 6.84. The van der Waals surface area contributed by atoms with Crippen LogP contribution in [0.25, 0.3) is 11.0 Å². The van der Waals surface area contributed by atoms with Crippen LogP contribution in [0.4, 0.5) is 0 Å². The monoisotopic (exact) mass is 203 g/mol.